The predicted octanol–water partition coefficient (Wildman–Crippen LogP) is 1.50. The zero-order valence-electron chi connectivity index (χ0n) is 13.9. The van der Waals surface area contributed by atoms with Crippen molar-refractivity contribution in [3.63, 3.8) is 0 Å². The van der Waals surface area contributed by atoms with Crippen LogP contribution in [0.15, 0.2) is 0 Å². The second kappa shape index (κ2) is 6.97. The minimum absolute atomic E-state index is 0.0764. The average Bonchev–Trinajstić information content (AvgIpc) is 2.48. The van der Waals surface area contributed by atoms with E-state index in [1.807, 2.05) is 0 Å². The van der Waals surface area contributed by atoms with Gasteiger partial charge in [-0.15, -0.1) is 0 Å². The van der Waals surface area contributed by atoms with Crippen LogP contribution in [0.3, 0.4) is 0 Å². The Balaban J connectivity index is 1.64. The molecule has 6 atom stereocenters. The van der Waals surface area contributed by atoms with Crippen LogP contribution in [0, 0.1) is 23.7 Å². The molecule has 3 rings (SSSR count). The Labute approximate surface area is 130 Å². The lowest BCUT2D eigenvalue weighted by Gasteiger charge is -2.47. The molecular weight excluding hydrogens is 262 g/mol. The van der Waals surface area contributed by atoms with Gasteiger partial charge in [-0.2, -0.15) is 0 Å². The molecule has 0 aromatic heterocycles. The second-order valence-corrected chi connectivity index (χ2v) is 8.10. The summed E-state index contributed by atoms with van der Waals surface area (Å²) in [5.41, 5.74) is 0. The maximum Gasteiger partial charge on any atom is 0.0835 e. The van der Waals surface area contributed by atoms with Crippen molar-refractivity contribution in [2.24, 2.45) is 23.7 Å². The highest BCUT2D eigenvalue weighted by atomic mass is 16.5. The minimum atomic E-state index is -0.233. The van der Waals surface area contributed by atoms with Gasteiger partial charge in [0.2, 0.25) is 0 Å². The molecule has 0 bridgehead atoms. The van der Waals surface area contributed by atoms with Crippen molar-refractivity contribution in [1.29, 1.82) is 0 Å². The minimum Gasteiger partial charge on any atom is -0.390 e. The summed E-state index contributed by atoms with van der Waals surface area (Å²) in [5, 5.41) is 10.4. The molecule has 0 radical (unpaired) electrons. The van der Waals surface area contributed by atoms with Gasteiger partial charge in [0, 0.05) is 18.9 Å². The topological polar surface area (TPSA) is 33.9 Å². The molecule has 1 aliphatic heterocycles. The van der Waals surface area contributed by atoms with Crippen LogP contribution in [0.1, 0.15) is 51.4 Å². The van der Waals surface area contributed by atoms with E-state index in [1.165, 1.54) is 51.6 Å². The van der Waals surface area contributed by atoms with Crippen molar-refractivity contribution < 1.29 is 14.7 Å². The molecule has 3 heteroatoms. The number of piperidine rings is 1. The number of aliphatic hydroxyl groups is 1. The first kappa shape index (κ1) is 15.8. The number of methoxy groups -OCH3 is 1. The Hall–Kier alpha value is -0.120. The fourth-order valence-electron chi connectivity index (χ4n) is 5.56. The fourth-order valence-corrected chi connectivity index (χ4v) is 5.56. The molecule has 1 heterocycles. The lowest BCUT2D eigenvalue weighted by atomic mass is 9.65. The molecule has 0 spiro atoms. The number of quaternary nitrogens is 1. The van der Waals surface area contributed by atoms with Gasteiger partial charge in [-0.05, 0) is 31.1 Å². The van der Waals surface area contributed by atoms with E-state index in [9.17, 15) is 5.11 Å². The Morgan fingerprint density at radius 3 is 2.57 bits per heavy atom. The van der Waals surface area contributed by atoms with Crippen LogP contribution in [-0.2, 0) is 4.74 Å². The van der Waals surface area contributed by atoms with Crippen molar-refractivity contribution in [2.45, 2.75) is 63.6 Å². The van der Waals surface area contributed by atoms with Gasteiger partial charge >= 0.3 is 0 Å². The largest absolute Gasteiger partial charge is 0.390 e. The van der Waals surface area contributed by atoms with E-state index >= 15 is 0 Å². The molecule has 0 aromatic carbocycles. The van der Waals surface area contributed by atoms with Gasteiger partial charge in [0.05, 0.1) is 32.3 Å². The van der Waals surface area contributed by atoms with E-state index in [0.717, 1.165) is 36.5 Å². The third-order valence-corrected chi connectivity index (χ3v) is 6.57. The summed E-state index contributed by atoms with van der Waals surface area (Å²) in [4.78, 5) is 1.70. The van der Waals surface area contributed by atoms with Crippen molar-refractivity contribution in [3.05, 3.63) is 0 Å². The summed E-state index contributed by atoms with van der Waals surface area (Å²) in [5.74, 6) is 3.31. The van der Waals surface area contributed by atoms with Crippen LogP contribution < -0.4 is 4.90 Å². The van der Waals surface area contributed by atoms with Crippen LogP contribution in [0.5, 0.6) is 0 Å². The fraction of sp³-hybridized carbons (Fsp3) is 1.00. The quantitative estimate of drug-likeness (QED) is 0.828. The highest BCUT2D eigenvalue weighted by molar-refractivity contribution is 4.91. The molecule has 6 unspecified atom stereocenters. The third kappa shape index (κ3) is 3.62. The van der Waals surface area contributed by atoms with E-state index in [1.54, 1.807) is 12.0 Å². The maximum absolute atomic E-state index is 10.4. The molecule has 2 N–H and O–H groups in total. The molecule has 0 amide bonds. The molecule has 21 heavy (non-hydrogen) atoms. The number of aliphatic hydroxyl groups excluding tert-OH is 1. The summed E-state index contributed by atoms with van der Waals surface area (Å²) in [6, 6.07) is 0. The highest BCUT2D eigenvalue weighted by Crippen LogP contribution is 2.41. The number of fused-ring (bicyclic) bond motifs is 1. The van der Waals surface area contributed by atoms with Gasteiger partial charge in [-0.3, -0.25) is 0 Å². The number of rotatable bonds is 3. The SMILES string of the molecule is COC1CC2C[NH+](C)CC(CC3CCCCC3)C2CC1O. The normalized spacial score (nSPS) is 45.3. The molecule has 2 aliphatic carbocycles. The van der Waals surface area contributed by atoms with Crippen LogP contribution in [-0.4, -0.2) is 44.6 Å². The lowest BCUT2D eigenvalue weighted by Crippen LogP contribution is -3.12. The number of nitrogens with one attached hydrogen (secondary N) is 1. The van der Waals surface area contributed by atoms with Gasteiger partial charge in [-0.25, -0.2) is 0 Å². The van der Waals surface area contributed by atoms with Crippen LogP contribution in [0.25, 0.3) is 0 Å². The molecule has 3 nitrogen and oxygen atoms in total. The summed E-state index contributed by atoms with van der Waals surface area (Å²) in [7, 11) is 4.12. The summed E-state index contributed by atoms with van der Waals surface area (Å²) < 4.78 is 5.51. The van der Waals surface area contributed by atoms with Gasteiger partial charge in [0.25, 0.3) is 0 Å². The van der Waals surface area contributed by atoms with Crippen LogP contribution >= 0.6 is 0 Å². The van der Waals surface area contributed by atoms with Gasteiger partial charge in [0.15, 0.2) is 0 Å². The number of ether oxygens (including phenoxy) is 1. The van der Waals surface area contributed by atoms with E-state index in [2.05, 4.69) is 7.05 Å². The van der Waals surface area contributed by atoms with Crippen molar-refractivity contribution >= 4 is 0 Å². The Kier molecular flexibility index (Phi) is 5.23. The molecule has 3 fully saturated rings. The summed E-state index contributed by atoms with van der Waals surface area (Å²) in [6.07, 6.45) is 10.6. The maximum atomic E-state index is 10.4. The van der Waals surface area contributed by atoms with Gasteiger partial charge in [0.1, 0.15) is 0 Å². The monoisotopic (exact) mass is 296 g/mol. The van der Waals surface area contributed by atoms with E-state index < -0.39 is 0 Å². The second-order valence-electron chi connectivity index (χ2n) is 8.10. The summed E-state index contributed by atoms with van der Waals surface area (Å²) >= 11 is 0. The van der Waals surface area contributed by atoms with E-state index in [0.29, 0.717) is 0 Å². The average molecular weight is 296 g/mol. The molecule has 1 saturated heterocycles. The van der Waals surface area contributed by atoms with E-state index in [4.69, 9.17) is 4.74 Å². The van der Waals surface area contributed by atoms with Gasteiger partial charge < -0.3 is 14.7 Å². The van der Waals surface area contributed by atoms with Crippen LogP contribution in [0.4, 0.5) is 0 Å². The first-order chi connectivity index (χ1) is 10.2. The Morgan fingerprint density at radius 2 is 1.86 bits per heavy atom. The predicted molar refractivity (Wildman–Crippen MR) is 84.3 cm³/mol. The molecule has 2 saturated carbocycles. The molecule has 3 aliphatic rings. The molecule has 0 aromatic rings. The zero-order chi connectivity index (χ0) is 14.8. The summed E-state index contributed by atoms with van der Waals surface area (Å²) in [6.45, 7) is 2.60. The third-order valence-electron chi connectivity index (χ3n) is 6.57. The van der Waals surface area contributed by atoms with Crippen LogP contribution in [0.2, 0.25) is 0 Å². The molecular formula is C18H34NO2+. The zero-order valence-corrected chi connectivity index (χ0v) is 13.9. The Bertz CT molecular complexity index is 329. The molecule has 122 valence electrons. The lowest BCUT2D eigenvalue weighted by molar-refractivity contribution is -0.895. The highest BCUT2D eigenvalue weighted by Gasteiger charge is 2.45. The number of likely N-dealkylation sites (tertiary alicyclic amines) is 1. The first-order valence-electron chi connectivity index (χ1n) is 9.19. The Morgan fingerprint density at radius 1 is 1.10 bits per heavy atom. The van der Waals surface area contributed by atoms with Crippen molar-refractivity contribution in [3.8, 4) is 0 Å². The first-order valence-corrected chi connectivity index (χ1v) is 9.19. The van der Waals surface area contributed by atoms with Gasteiger partial charge in [-0.1, -0.05) is 32.1 Å². The van der Waals surface area contributed by atoms with Crippen molar-refractivity contribution in [2.75, 3.05) is 27.2 Å². The van der Waals surface area contributed by atoms with E-state index in [-0.39, 0.29) is 12.2 Å². The number of hydrogen-bond acceptors (Lipinski definition) is 2. The standard InChI is InChI=1S/C18H33NO2/c1-19-11-14(8-13-6-4-3-5-7-13)16-10-17(20)18(21-2)9-15(16)12-19/h13-18,20H,3-12H2,1-2H3/p+1. The van der Waals surface area contributed by atoms with Crippen molar-refractivity contribution in [1.82, 2.24) is 0 Å². The number of hydrogen-bond donors (Lipinski definition) is 2. The smallest absolute Gasteiger partial charge is 0.0835 e.